The Balaban J connectivity index is 2.01. The number of hydrogen-bond donors (Lipinski definition) is 1. The van der Waals surface area contributed by atoms with Crippen molar-refractivity contribution < 1.29 is 18.0 Å². The minimum Gasteiger partial charge on any atom is -0.381 e. The van der Waals surface area contributed by atoms with Crippen molar-refractivity contribution in [3.63, 3.8) is 0 Å². The normalized spacial score (nSPS) is 16.5. The summed E-state index contributed by atoms with van der Waals surface area (Å²) < 4.78 is 54.7. The molecular formula is C20H16ClF2N5O2. The summed E-state index contributed by atoms with van der Waals surface area (Å²) in [6, 6.07) is 4.52. The monoisotopic (exact) mass is 434 g/mol. The average Bonchev–Trinajstić information content (AvgIpc) is 3.21. The summed E-state index contributed by atoms with van der Waals surface area (Å²) >= 11 is 5.94. The van der Waals surface area contributed by atoms with E-state index in [2.05, 4.69) is 15.1 Å². The van der Waals surface area contributed by atoms with Crippen LogP contribution in [-0.4, -0.2) is 29.4 Å². The number of aliphatic hydroxyl groups is 1. The van der Waals surface area contributed by atoms with Crippen molar-refractivity contribution in [2.24, 2.45) is 0 Å². The van der Waals surface area contributed by atoms with Gasteiger partial charge in [0.25, 0.3) is 5.56 Å². The highest BCUT2D eigenvalue weighted by Gasteiger charge is 2.41. The molecule has 0 aliphatic rings. The maximum absolute atomic E-state index is 14.9. The van der Waals surface area contributed by atoms with E-state index in [1.165, 1.54) is 24.5 Å². The zero-order valence-electron chi connectivity index (χ0n) is 18.2. The molecule has 0 saturated carbocycles. The highest BCUT2D eigenvalue weighted by molar-refractivity contribution is 6.31. The molecule has 30 heavy (non-hydrogen) atoms. The quantitative estimate of drug-likeness (QED) is 0.521. The molecule has 4 aromatic rings. The second kappa shape index (κ2) is 7.58. The van der Waals surface area contributed by atoms with E-state index in [0.29, 0.717) is 11.1 Å². The molecule has 0 spiro atoms. The minimum absolute atomic E-state index is 0.0406. The van der Waals surface area contributed by atoms with Crippen LogP contribution in [0, 0.1) is 11.6 Å². The second-order valence-corrected chi connectivity index (χ2v) is 7.10. The fraction of sp³-hybridized carbons (Fsp3) is 0.200. The first-order chi connectivity index (χ1) is 15.5. The molecule has 0 aliphatic carbocycles. The van der Waals surface area contributed by atoms with Crippen LogP contribution in [0.15, 0.2) is 60.2 Å². The molecule has 1 N–H and O–H groups in total. The SMILES string of the molecule is [2H]C([2H])([2H])[C@H](n1cnc2cc(Cl)ccc2c1=O)[C@](O)(Cn1cncn1)c1ccc(F)cc1F. The van der Waals surface area contributed by atoms with Gasteiger partial charge in [-0.05, 0) is 31.1 Å². The smallest absolute Gasteiger partial charge is 0.261 e. The molecule has 0 saturated heterocycles. The molecule has 0 radical (unpaired) electrons. The summed E-state index contributed by atoms with van der Waals surface area (Å²) in [7, 11) is 0. The van der Waals surface area contributed by atoms with Gasteiger partial charge in [-0.3, -0.25) is 9.36 Å². The van der Waals surface area contributed by atoms with E-state index in [1.807, 2.05) is 0 Å². The van der Waals surface area contributed by atoms with Crippen molar-refractivity contribution in [3.8, 4) is 0 Å². The van der Waals surface area contributed by atoms with E-state index >= 15 is 0 Å². The topological polar surface area (TPSA) is 85.8 Å². The first kappa shape index (κ1) is 16.6. The maximum atomic E-state index is 14.9. The van der Waals surface area contributed by atoms with Gasteiger partial charge in [0.15, 0.2) is 0 Å². The number of fused-ring (bicyclic) bond motifs is 1. The van der Waals surface area contributed by atoms with Crippen molar-refractivity contribution in [2.45, 2.75) is 25.0 Å². The lowest BCUT2D eigenvalue weighted by Gasteiger charge is -2.35. The summed E-state index contributed by atoms with van der Waals surface area (Å²) in [5, 5.41) is 16.0. The minimum atomic E-state index is -3.04. The fourth-order valence-electron chi connectivity index (χ4n) is 3.24. The molecule has 10 heteroatoms. The third-order valence-corrected chi connectivity index (χ3v) is 4.98. The van der Waals surface area contributed by atoms with Gasteiger partial charge >= 0.3 is 0 Å². The Kier molecular flexibility index (Phi) is 4.20. The van der Waals surface area contributed by atoms with Gasteiger partial charge in [-0.2, -0.15) is 5.10 Å². The van der Waals surface area contributed by atoms with E-state index in [-0.39, 0.29) is 10.9 Å². The number of hydrogen-bond acceptors (Lipinski definition) is 5. The Morgan fingerprint density at radius 2 is 2.10 bits per heavy atom. The van der Waals surface area contributed by atoms with Crippen molar-refractivity contribution in [3.05, 3.63) is 88.0 Å². The van der Waals surface area contributed by atoms with Crippen molar-refractivity contribution in [2.75, 3.05) is 0 Å². The third kappa shape index (κ3) is 3.46. The van der Waals surface area contributed by atoms with Crippen LogP contribution in [0.1, 0.15) is 22.6 Å². The Labute approximate surface area is 178 Å². The summed E-state index contributed by atoms with van der Waals surface area (Å²) in [6.07, 6.45) is 3.28. The van der Waals surface area contributed by atoms with Gasteiger partial charge in [-0.15, -0.1) is 0 Å². The zero-order valence-corrected chi connectivity index (χ0v) is 16.0. The van der Waals surface area contributed by atoms with E-state index in [4.69, 9.17) is 15.7 Å². The summed E-state index contributed by atoms with van der Waals surface area (Å²) in [6.45, 7) is -3.65. The van der Waals surface area contributed by atoms with Crippen LogP contribution >= 0.6 is 11.6 Å². The highest BCUT2D eigenvalue weighted by Crippen LogP contribution is 2.36. The first-order valence-electron chi connectivity index (χ1n) is 10.2. The predicted octanol–water partition coefficient (Wildman–Crippen LogP) is 3.07. The summed E-state index contributed by atoms with van der Waals surface area (Å²) in [5.74, 6) is -2.12. The third-order valence-electron chi connectivity index (χ3n) is 4.74. The molecule has 2 atom stereocenters. The molecule has 7 nitrogen and oxygen atoms in total. The van der Waals surface area contributed by atoms with Gasteiger partial charge in [0, 0.05) is 20.8 Å². The van der Waals surface area contributed by atoms with Gasteiger partial charge < -0.3 is 5.11 Å². The summed E-state index contributed by atoms with van der Waals surface area (Å²) in [5.41, 5.74) is -3.72. The molecule has 2 aromatic carbocycles. The van der Waals surface area contributed by atoms with Crippen molar-refractivity contribution >= 4 is 22.5 Å². The van der Waals surface area contributed by atoms with Gasteiger partial charge in [0.2, 0.25) is 0 Å². The van der Waals surface area contributed by atoms with E-state index in [0.717, 1.165) is 34.0 Å². The number of nitrogens with zero attached hydrogens (tertiary/aromatic N) is 5. The lowest BCUT2D eigenvalue weighted by molar-refractivity contribution is -0.0343. The van der Waals surface area contributed by atoms with Crippen molar-refractivity contribution in [1.29, 1.82) is 0 Å². The predicted molar refractivity (Wildman–Crippen MR) is 106 cm³/mol. The van der Waals surface area contributed by atoms with Gasteiger partial charge in [-0.25, -0.2) is 23.4 Å². The van der Waals surface area contributed by atoms with Crippen LogP contribution in [0.3, 0.4) is 0 Å². The number of halogens is 3. The molecule has 0 bridgehead atoms. The second-order valence-electron chi connectivity index (χ2n) is 6.66. The molecule has 0 aliphatic heterocycles. The highest BCUT2D eigenvalue weighted by atomic mass is 35.5. The summed E-state index contributed by atoms with van der Waals surface area (Å²) in [4.78, 5) is 21.1. The molecule has 2 heterocycles. The van der Waals surface area contributed by atoms with Gasteiger partial charge in [0.05, 0.1) is 29.8 Å². The van der Waals surface area contributed by atoms with Gasteiger partial charge in [0.1, 0.15) is 29.9 Å². The fourth-order valence-corrected chi connectivity index (χ4v) is 3.41. The van der Waals surface area contributed by atoms with Crippen molar-refractivity contribution in [1.82, 2.24) is 24.3 Å². The lowest BCUT2D eigenvalue weighted by Crippen LogP contribution is -2.43. The van der Waals surface area contributed by atoms with E-state index < -0.39 is 47.8 Å². The number of aromatic nitrogens is 5. The van der Waals surface area contributed by atoms with Crippen LogP contribution in [0.2, 0.25) is 5.02 Å². The van der Waals surface area contributed by atoms with Gasteiger partial charge in [-0.1, -0.05) is 17.7 Å². The first-order valence-corrected chi connectivity index (χ1v) is 9.05. The lowest BCUT2D eigenvalue weighted by atomic mass is 9.86. The van der Waals surface area contributed by atoms with Crippen LogP contribution in [0.25, 0.3) is 10.9 Å². The molecule has 0 fully saturated rings. The molecule has 154 valence electrons. The Morgan fingerprint density at radius 1 is 1.27 bits per heavy atom. The number of rotatable bonds is 5. The molecule has 2 aromatic heterocycles. The molecular weight excluding hydrogens is 416 g/mol. The Bertz CT molecular complexity index is 1380. The zero-order chi connectivity index (χ0) is 24.0. The van der Waals surface area contributed by atoms with Crippen LogP contribution in [-0.2, 0) is 12.1 Å². The van der Waals surface area contributed by atoms with Crippen LogP contribution in [0.5, 0.6) is 0 Å². The van der Waals surface area contributed by atoms with Crippen LogP contribution < -0.4 is 5.56 Å². The number of benzene rings is 2. The average molecular weight is 435 g/mol. The van der Waals surface area contributed by atoms with E-state index in [1.54, 1.807) is 0 Å². The largest absolute Gasteiger partial charge is 0.381 e. The molecule has 4 rings (SSSR count). The molecule has 0 unspecified atom stereocenters. The standard InChI is InChI=1S/C20H16ClF2N5O2/c1-12(28-11-25-18-6-13(21)2-4-15(18)19(28)29)20(30,8-27-10-24-9-26-27)16-5-3-14(22)7-17(16)23/h2-7,9-12,30H,8H2,1H3/t12-,20+/m0/s1/i1D3. The van der Waals surface area contributed by atoms with E-state index in [9.17, 15) is 18.7 Å². The maximum Gasteiger partial charge on any atom is 0.261 e. The van der Waals surface area contributed by atoms with Crippen LogP contribution in [0.4, 0.5) is 8.78 Å². The Hall–Kier alpha value is -3.17. The Morgan fingerprint density at radius 3 is 2.80 bits per heavy atom. The molecule has 0 amide bonds.